The van der Waals surface area contributed by atoms with Crippen LogP contribution in [-0.4, -0.2) is 10.9 Å². The summed E-state index contributed by atoms with van der Waals surface area (Å²) in [7, 11) is 0. The lowest BCUT2D eigenvalue weighted by Gasteiger charge is -2.05. The Labute approximate surface area is 112 Å². The highest BCUT2D eigenvalue weighted by Crippen LogP contribution is 2.17. The number of amides is 1. The molecule has 88 valence electrons. The zero-order chi connectivity index (χ0) is 12.3. The molecule has 2 rings (SSSR count). The van der Waals surface area contributed by atoms with E-state index in [9.17, 15) is 4.79 Å². The Kier molecular flexibility index (Phi) is 3.91. The molecule has 0 spiro atoms. The summed E-state index contributed by atoms with van der Waals surface area (Å²) in [6.07, 6.45) is 2.04. The number of rotatable bonds is 3. The Hall–Kier alpha value is -1.20. The number of aryl methyl sites for hydroxylation is 1. The van der Waals surface area contributed by atoms with Crippen LogP contribution in [0.2, 0.25) is 0 Å². The molecule has 5 heteroatoms. The maximum Gasteiger partial charge on any atom is 0.228 e. The van der Waals surface area contributed by atoms with Crippen molar-refractivity contribution < 1.29 is 4.79 Å². The van der Waals surface area contributed by atoms with E-state index in [1.165, 1.54) is 0 Å². The van der Waals surface area contributed by atoms with E-state index in [1.807, 2.05) is 29.8 Å². The van der Waals surface area contributed by atoms with E-state index >= 15 is 0 Å². The van der Waals surface area contributed by atoms with Gasteiger partial charge in [0.15, 0.2) is 0 Å². The van der Waals surface area contributed by atoms with Gasteiger partial charge in [-0.1, -0.05) is 0 Å². The summed E-state index contributed by atoms with van der Waals surface area (Å²) in [4.78, 5) is 15.9. The van der Waals surface area contributed by atoms with Crippen molar-refractivity contribution in [2.24, 2.45) is 0 Å². The molecule has 2 heterocycles. The van der Waals surface area contributed by atoms with Gasteiger partial charge in [-0.05, 0) is 56.9 Å². The van der Waals surface area contributed by atoms with E-state index < -0.39 is 0 Å². The average Bonchev–Trinajstić information content (AvgIpc) is 2.76. The average molecular weight is 311 g/mol. The first kappa shape index (κ1) is 12.3. The molecule has 0 aliphatic carbocycles. The van der Waals surface area contributed by atoms with Gasteiger partial charge in [-0.25, -0.2) is 4.98 Å². The first-order chi connectivity index (χ1) is 8.15. The minimum atomic E-state index is -0.0214. The van der Waals surface area contributed by atoms with E-state index in [2.05, 4.69) is 26.2 Å². The Morgan fingerprint density at radius 2 is 2.41 bits per heavy atom. The fraction of sp³-hybridized carbons (Fsp3) is 0.167. The van der Waals surface area contributed by atoms with Crippen molar-refractivity contribution in [3.05, 3.63) is 44.8 Å². The lowest BCUT2D eigenvalue weighted by molar-refractivity contribution is -0.115. The molecule has 2 aromatic heterocycles. The van der Waals surface area contributed by atoms with Crippen LogP contribution >= 0.6 is 27.3 Å². The van der Waals surface area contributed by atoms with Crippen LogP contribution < -0.4 is 5.32 Å². The Bertz CT molecular complexity index is 525. The van der Waals surface area contributed by atoms with Gasteiger partial charge in [0, 0.05) is 0 Å². The third-order valence-electron chi connectivity index (χ3n) is 2.24. The second-order valence-electron chi connectivity index (χ2n) is 3.69. The number of nitrogens with zero attached hydrogens (tertiary/aromatic N) is 1. The summed E-state index contributed by atoms with van der Waals surface area (Å²) in [6.45, 7) is 1.94. The van der Waals surface area contributed by atoms with Crippen LogP contribution in [0.1, 0.15) is 11.1 Å². The molecular formula is C12H11BrN2OS. The molecule has 3 nitrogen and oxygen atoms in total. The third kappa shape index (κ3) is 3.38. The lowest BCUT2D eigenvalue weighted by atomic mass is 10.2. The van der Waals surface area contributed by atoms with E-state index in [4.69, 9.17) is 0 Å². The van der Waals surface area contributed by atoms with E-state index in [0.29, 0.717) is 6.42 Å². The maximum absolute atomic E-state index is 11.7. The van der Waals surface area contributed by atoms with Crippen molar-refractivity contribution in [2.45, 2.75) is 13.3 Å². The smallest absolute Gasteiger partial charge is 0.228 e. The zero-order valence-electron chi connectivity index (χ0n) is 9.24. The first-order valence-electron chi connectivity index (χ1n) is 5.08. The van der Waals surface area contributed by atoms with Crippen LogP contribution in [-0.2, 0) is 11.2 Å². The molecule has 0 aliphatic rings. The Balaban J connectivity index is 2.00. The largest absolute Gasteiger partial charge is 0.324 e. The topological polar surface area (TPSA) is 42.0 Å². The standard InChI is InChI=1S/C12H11BrN2OS/c1-8-4-10(6-14-12(8)13)15-11(16)5-9-2-3-17-7-9/h2-4,6-7H,5H2,1H3,(H,15,16). The fourth-order valence-corrected chi connectivity index (χ4v) is 2.30. The maximum atomic E-state index is 11.7. The van der Waals surface area contributed by atoms with E-state index in [1.54, 1.807) is 17.5 Å². The van der Waals surface area contributed by atoms with Crippen LogP contribution in [0, 0.1) is 6.92 Å². The predicted molar refractivity (Wildman–Crippen MR) is 73.3 cm³/mol. The number of carbonyl (C=O) groups is 1. The second kappa shape index (κ2) is 5.42. The van der Waals surface area contributed by atoms with Gasteiger partial charge in [-0.2, -0.15) is 11.3 Å². The van der Waals surface area contributed by atoms with Crippen LogP contribution in [0.4, 0.5) is 5.69 Å². The molecule has 0 aromatic carbocycles. The number of anilines is 1. The van der Waals surface area contributed by atoms with E-state index in [-0.39, 0.29) is 5.91 Å². The van der Waals surface area contributed by atoms with Crippen LogP contribution in [0.3, 0.4) is 0 Å². The molecule has 0 saturated carbocycles. The highest BCUT2D eigenvalue weighted by Gasteiger charge is 2.05. The first-order valence-corrected chi connectivity index (χ1v) is 6.82. The molecule has 0 saturated heterocycles. The molecule has 0 aliphatic heterocycles. The molecule has 17 heavy (non-hydrogen) atoms. The van der Waals surface area contributed by atoms with E-state index in [0.717, 1.165) is 21.4 Å². The molecule has 1 amide bonds. The van der Waals surface area contributed by atoms with Crippen molar-refractivity contribution in [3.63, 3.8) is 0 Å². The quantitative estimate of drug-likeness (QED) is 0.883. The summed E-state index contributed by atoms with van der Waals surface area (Å²) >= 11 is 4.92. The van der Waals surface area contributed by atoms with Gasteiger partial charge in [0.1, 0.15) is 4.60 Å². The number of nitrogens with one attached hydrogen (secondary N) is 1. The van der Waals surface area contributed by atoms with Crippen molar-refractivity contribution in [1.82, 2.24) is 4.98 Å². The van der Waals surface area contributed by atoms with Gasteiger partial charge < -0.3 is 5.32 Å². The monoisotopic (exact) mass is 310 g/mol. The minimum absolute atomic E-state index is 0.0214. The summed E-state index contributed by atoms with van der Waals surface area (Å²) in [5.74, 6) is -0.0214. The van der Waals surface area contributed by atoms with Gasteiger partial charge in [0.25, 0.3) is 0 Å². The van der Waals surface area contributed by atoms with Crippen LogP contribution in [0.15, 0.2) is 33.7 Å². The number of halogens is 1. The molecule has 1 N–H and O–H groups in total. The Morgan fingerprint density at radius 1 is 1.59 bits per heavy atom. The molecule has 2 aromatic rings. The van der Waals surface area contributed by atoms with Crippen molar-refractivity contribution in [3.8, 4) is 0 Å². The lowest BCUT2D eigenvalue weighted by Crippen LogP contribution is -2.14. The second-order valence-corrected chi connectivity index (χ2v) is 5.22. The molecule has 0 unspecified atom stereocenters. The van der Waals surface area contributed by atoms with Gasteiger partial charge in [0.05, 0.1) is 18.3 Å². The number of carbonyl (C=O) groups excluding carboxylic acids is 1. The van der Waals surface area contributed by atoms with Crippen LogP contribution in [0.25, 0.3) is 0 Å². The number of aromatic nitrogens is 1. The third-order valence-corrected chi connectivity index (χ3v) is 3.81. The molecular weight excluding hydrogens is 300 g/mol. The van der Waals surface area contributed by atoms with Gasteiger partial charge >= 0.3 is 0 Å². The highest BCUT2D eigenvalue weighted by molar-refractivity contribution is 9.10. The molecule has 0 fully saturated rings. The minimum Gasteiger partial charge on any atom is -0.324 e. The van der Waals surface area contributed by atoms with Crippen molar-refractivity contribution in [1.29, 1.82) is 0 Å². The van der Waals surface area contributed by atoms with Gasteiger partial charge in [0.2, 0.25) is 5.91 Å². The number of hydrogen-bond donors (Lipinski definition) is 1. The molecule has 0 atom stereocenters. The van der Waals surface area contributed by atoms with Crippen LogP contribution in [0.5, 0.6) is 0 Å². The molecule has 0 radical (unpaired) electrons. The van der Waals surface area contributed by atoms with Gasteiger partial charge in [-0.3, -0.25) is 4.79 Å². The van der Waals surface area contributed by atoms with Gasteiger partial charge in [-0.15, -0.1) is 0 Å². The summed E-state index contributed by atoms with van der Waals surface area (Å²) in [5.41, 5.74) is 2.76. The highest BCUT2D eigenvalue weighted by atomic mass is 79.9. The predicted octanol–water partition coefficient (Wildman–Crippen LogP) is 3.40. The summed E-state index contributed by atoms with van der Waals surface area (Å²) in [6, 6.07) is 3.85. The van der Waals surface area contributed by atoms with Crippen molar-refractivity contribution >= 4 is 38.9 Å². The summed E-state index contributed by atoms with van der Waals surface area (Å²) < 4.78 is 0.799. The normalized spacial score (nSPS) is 10.2. The summed E-state index contributed by atoms with van der Waals surface area (Å²) in [5, 5.41) is 6.77. The van der Waals surface area contributed by atoms with Crippen molar-refractivity contribution in [2.75, 3.05) is 5.32 Å². The Morgan fingerprint density at radius 3 is 3.06 bits per heavy atom. The number of thiophene rings is 1. The number of pyridine rings is 1. The SMILES string of the molecule is Cc1cc(NC(=O)Cc2ccsc2)cnc1Br. The molecule has 0 bridgehead atoms. The zero-order valence-corrected chi connectivity index (χ0v) is 11.6. The fourth-order valence-electron chi connectivity index (χ4n) is 1.41. The number of hydrogen-bond acceptors (Lipinski definition) is 3.